The fourth-order valence-corrected chi connectivity index (χ4v) is 6.38. The first-order chi connectivity index (χ1) is 29.6. The lowest BCUT2D eigenvalue weighted by molar-refractivity contribution is -0.138. The molecule has 2 heterocycles. The maximum Gasteiger partial charge on any atom is 0.407 e. The summed E-state index contributed by atoms with van der Waals surface area (Å²) in [6, 6.07) is 12.7. The Kier molecular flexibility index (Phi) is 17.3. The minimum Gasteiger partial charge on any atom is -0.453 e. The van der Waals surface area contributed by atoms with E-state index in [0.717, 1.165) is 33.6 Å². The third-order valence-corrected chi connectivity index (χ3v) is 10.1. The molecule has 330 valence electrons. The van der Waals surface area contributed by atoms with Crippen LogP contribution >= 0.6 is 0 Å². The van der Waals surface area contributed by atoms with Crippen molar-refractivity contribution in [3.8, 4) is 34.4 Å². The lowest BCUT2D eigenvalue weighted by Gasteiger charge is -2.35. The van der Waals surface area contributed by atoms with Crippen LogP contribution in [-0.4, -0.2) is 118 Å². The van der Waals surface area contributed by atoms with Gasteiger partial charge in [-0.25, -0.2) is 24.4 Å². The molecule has 5 N–H and O–H groups in total. The summed E-state index contributed by atoms with van der Waals surface area (Å²) in [5.41, 5.74) is 4.85. The molecule has 0 fully saturated rings. The average molecular weight is 851 g/mol. The summed E-state index contributed by atoms with van der Waals surface area (Å²) in [5.74, 6) is 6.43. The maximum absolute atomic E-state index is 13.9. The fourth-order valence-electron chi connectivity index (χ4n) is 6.38. The lowest BCUT2D eigenvalue weighted by Crippen LogP contribution is -2.55. The van der Waals surface area contributed by atoms with E-state index in [1.54, 1.807) is 37.3 Å². The first-order valence-electron chi connectivity index (χ1n) is 20.2. The molecule has 0 spiro atoms. The molecule has 0 saturated heterocycles. The van der Waals surface area contributed by atoms with E-state index < -0.39 is 36.2 Å². The minimum absolute atomic E-state index is 0.0696. The number of nitrogens with zero attached hydrogens (tertiary/aromatic N) is 5. The van der Waals surface area contributed by atoms with Crippen LogP contribution in [0.5, 0.6) is 0 Å². The van der Waals surface area contributed by atoms with Crippen molar-refractivity contribution >= 4 is 30.0 Å². The predicted molar refractivity (Wildman–Crippen MR) is 235 cm³/mol. The van der Waals surface area contributed by atoms with Crippen molar-refractivity contribution in [2.24, 2.45) is 11.8 Å². The third-order valence-electron chi connectivity index (χ3n) is 10.1. The molecule has 62 heavy (non-hydrogen) atoms. The Morgan fingerprint density at radius 3 is 1.76 bits per heavy atom. The number of hydrogen-bond acceptors (Lipinski definition) is 9. The fraction of sp³-hybridized carbons (Fsp3) is 0.400. The second kappa shape index (κ2) is 22.5. The van der Waals surface area contributed by atoms with Gasteiger partial charge in [-0.05, 0) is 60.6 Å². The van der Waals surface area contributed by atoms with E-state index >= 15 is 0 Å². The second-order valence-electron chi connectivity index (χ2n) is 15.3. The molecule has 0 saturated carbocycles. The molecule has 3 atom stereocenters. The second-order valence-corrected chi connectivity index (χ2v) is 15.3. The lowest BCUT2D eigenvalue weighted by atomic mass is 10.0. The smallest absolute Gasteiger partial charge is 0.407 e. The largest absolute Gasteiger partial charge is 0.453 e. The number of carbonyl (C=O) groups excluding carboxylic acids is 5. The Hall–Kier alpha value is -7.09. The standard InChI is InChI=1S/C45H58N10O7/c1-11-12-23-54(41(56)38(28(2)3)51-44(59)61-9)26-37-47-24-35(49-37)33-19-15-31(16-20-33)13-14-32-17-21-34(22-18-32)36-25-48-40(50-36)30(6)55(27-53(8)43(58)46-7)42(57)39(29(4)5)52-45(60)62-10/h11,15-22,24-25,28-30,38-39H,1,12,23,26-27H2,2-10H3,(H,46,58)(H,47,49)(H,48,50)(H,51,59)(H,52,60)/t30-,38-,39-/m0/s1. The molecule has 6 amide bonds. The molecule has 0 bridgehead atoms. The number of hydrogen-bond donors (Lipinski definition) is 5. The van der Waals surface area contributed by atoms with Crippen molar-refractivity contribution in [3.05, 3.63) is 96.4 Å². The first-order valence-corrected chi connectivity index (χ1v) is 20.2. The molecular weight excluding hydrogens is 793 g/mol. The highest BCUT2D eigenvalue weighted by Crippen LogP contribution is 2.25. The van der Waals surface area contributed by atoms with Gasteiger partial charge in [-0.2, -0.15) is 0 Å². The highest BCUT2D eigenvalue weighted by atomic mass is 16.5. The van der Waals surface area contributed by atoms with Crippen LogP contribution in [0.1, 0.15) is 69.9 Å². The highest BCUT2D eigenvalue weighted by molar-refractivity contribution is 5.87. The van der Waals surface area contributed by atoms with E-state index in [2.05, 4.69) is 54.3 Å². The summed E-state index contributed by atoms with van der Waals surface area (Å²) in [6.45, 7) is 13.5. The van der Waals surface area contributed by atoms with Crippen LogP contribution in [0.15, 0.2) is 73.6 Å². The molecule has 17 nitrogen and oxygen atoms in total. The summed E-state index contributed by atoms with van der Waals surface area (Å²) >= 11 is 0. The molecule has 4 aromatic rings. The number of benzene rings is 2. The molecule has 2 aromatic heterocycles. The van der Waals surface area contributed by atoms with Crippen LogP contribution in [0, 0.1) is 23.7 Å². The molecule has 0 radical (unpaired) electrons. The van der Waals surface area contributed by atoms with Crippen molar-refractivity contribution in [1.29, 1.82) is 0 Å². The average Bonchev–Trinajstić information content (AvgIpc) is 3.97. The van der Waals surface area contributed by atoms with Crippen LogP contribution in [-0.2, 0) is 25.6 Å². The highest BCUT2D eigenvalue weighted by Gasteiger charge is 2.34. The molecule has 0 aliphatic rings. The Labute approximate surface area is 363 Å². The molecular formula is C45H58N10O7. The number of urea groups is 1. The number of imidazole rings is 2. The number of aromatic nitrogens is 4. The van der Waals surface area contributed by atoms with Crippen LogP contribution in [0.4, 0.5) is 14.4 Å². The normalized spacial score (nSPS) is 12.2. The number of carbonyl (C=O) groups is 5. The van der Waals surface area contributed by atoms with Gasteiger partial charge in [0.1, 0.15) is 23.7 Å². The number of aromatic amines is 2. The summed E-state index contributed by atoms with van der Waals surface area (Å²) in [5, 5.41) is 7.83. The van der Waals surface area contributed by atoms with E-state index in [-0.39, 0.29) is 37.0 Å². The van der Waals surface area contributed by atoms with E-state index in [1.807, 2.05) is 76.2 Å². The summed E-state index contributed by atoms with van der Waals surface area (Å²) in [6.07, 6.45) is 4.31. The number of ether oxygens (including phenoxy) is 2. The zero-order valence-electron chi connectivity index (χ0n) is 36.9. The summed E-state index contributed by atoms with van der Waals surface area (Å²) in [4.78, 5) is 84.1. The van der Waals surface area contributed by atoms with Gasteiger partial charge in [-0.1, -0.05) is 69.9 Å². The van der Waals surface area contributed by atoms with Crippen molar-refractivity contribution in [2.75, 3.05) is 41.5 Å². The number of nitrogens with one attached hydrogen (secondary N) is 5. The molecule has 17 heteroatoms. The Bertz CT molecular complexity index is 2220. The summed E-state index contributed by atoms with van der Waals surface area (Å²) in [7, 11) is 5.56. The van der Waals surface area contributed by atoms with Crippen molar-refractivity contribution in [1.82, 2.24) is 50.6 Å². The Morgan fingerprint density at radius 2 is 1.27 bits per heavy atom. The SMILES string of the molecule is C=CCCN(Cc1ncc(-c2ccc(C#Cc3ccc(-c4cnc([C@H](C)N(CN(C)C(=O)NC)C(=O)[C@@H](NC(=O)OC)C(C)C)[nH]4)cc3)cc2)[nH]1)C(=O)[C@@H](NC(=O)OC)C(C)C. The van der Waals surface area contributed by atoms with Gasteiger partial charge < -0.3 is 50.1 Å². The monoisotopic (exact) mass is 850 g/mol. The van der Waals surface area contributed by atoms with Gasteiger partial charge >= 0.3 is 18.2 Å². The molecule has 4 rings (SSSR count). The van der Waals surface area contributed by atoms with Crippen molar-refractivity contribution < 1.29 is 33.4 Å². The van der Waals surface area contributed by atoms with Crippen molar-refractivity contribution in [2.45, 2.75) is 65.7 Å². The number of amides is 6. The van der Waals surface area contributed by atoms with Gasteiger partial charge in [0.25, 0.3) is 0 Å². The molecule has 0 aliphatic heterocycles. The van der Waals surface area contributed by atoms with Gasteiger partial charge in [0, 0.05) is 31.8 Å². The molecule has 0 aliphatic carbocycles. The quantitative estimate of drug-likeness (QED) is 0.0505. The van der Waals surface area contributed by atoms with Crippen LogP contribution in [0.2, 0.25) is 0 Å². The molecule has 2 aromatic carbocycles. The van der Waals surface area contributed by atoms with Crippen LogP contribution < -0.4 is 16.0 Å². The number of alkyl carbamates (subject to hydrolysis) is 2. The van der Waals surface area contributed by atoms with E-state index in [4.69, 9.17) is 9.47 Å². The van der Waals surface area contributed by atoms with Gasteiger partial charge in [-0.3, -0.25) is 9.59 Å². The van der Waals surface area contributed by atoms with Crippen molar-refractivity contribution in [3.63, 3.8) is 0 Å². The van der Waals surface area contributed by atoms with Gasteiger partial charge in [0.05, 0.1) is 57.3 Å². The van der Waals surface area contributed by atoms with Crippen LogP contribution in [0.25, 0.3) is 22.5 Å². The maximum atomic E-state index is 13.9. The van der Waals surface area contributed by atoms with Gasteiger partial charge in [-0.15, -0.1) is 6.58 Å². The summed E-state index contributed by atoms with van der Waals surface area (Å²) < 4.78 is 9.49. The Balaban J connectivity index is 1.45. The predicted octanol–water partition coefficient (Wildman–Crippen LogP) is 5.65. The van der Waals surface area contributed by atoms with E-state index in [0.29, 0.717) is 24.6 Å². The van der Waals surface area contributed by atoms with E-state index in [9.17, 15) is 24.0 Å². The van der Waals surface area contributed by atoms with Gasteiger partial charge in [0.2, 0.25) is 11.8 Å². The van der Waals surface area contributed by atoms with E-state index in [1.165, 1.54) is 31.1 Å². The molecule has 0 unspecified atom stereocenters. The third kappa shape index (κ3) is 12.7. The van der Waals surface area contributed by atoms with Crippen LogP contribution in [0.3, 0.4) is 0 Å². The number of H-pyrrole nitrogens is 2. The van der Waals surface area contributed by atoms with Gasteiger partial charge in [0.15, 0.2) is 0 Å². The minimum atomic E-state index is -0.911. The zero-order chi connectivity index (χ0) is 45.5. The number of rotatable bonds is 17. The first kappa shape index (κ1) is 47.6. The topological polar surface area (TPSA) is 207 Å². The Morgan fingerprint density at radius 1 is 0.774 bits per heavy atom. The number of methoxy groups -OCH3 is 2. The zero-order valence-corrected chi connectivity index (χ0v) is 36.9.